The van der Waals surface area contributed by atoms with Gasteiger partial charge in [0.25, 0.3) is 5.91 Å². The minimum Gasteiger partial charge on any atom is -0.345 e. The van der Waals surface area contributed by atoms with E-state index in [0.717, 1.165) is 40.3 Å². The molecule has 3 rings (SSSR count). The van der Waals surface area contributed by atoms with Crippen molar-refractivity contribution in [1.82, 2.24) is 24.9 Å². The largest absolute Gasteiger partial charge is 0.345 e. The number of hydrogen-bond donors (Lipinski definition) is 1. The summed E-state index contributed by atoms with van der Waals surface area (Å²) in [7, 11) is 1.93. The van der Waals surface area contributed by atoms with Crippen LogP contribution in [0.5, 0.6) is 0 Å². The first-order valence-electron chi connectivity index (χ1n) is 9.71. The normalized spacial score (nSPS) is 12.2. The van der Waals surface area contributed by atoms with Crippen molar-refractivity contribution < 1.29 is 4.79 Å². The number of aryl methyl sites for hydroxylation is 4. The lowest BCUT2D eigenvalue weighted by Gasteiger charge is -2.18. The van der Waals surface area contributed by atoms with E-state index in [-0.39, 0.29) is 11.9 Å². The highest BCUT2D eigenvalue weighted by Gasteiger charge is 2.21. The van der Waals surface area contributed by atoms with E-state index in [2.05, 4.69) is 35.4 Å². The summed E-state index contributed by atoms with van der Waals surface area (Å²) in [5.74, 6) is -0.0628. The number of benzene rings is 1. The van der Waals surface area contributed by atoms with Gasteiger partial charge in [0.2, 0.25) is 0 Å². The Morgan fingerprint density at radius 3 is 2.29 bits per heavy atom. The van der Waals surface area contributed by atoms with Crippen LogP contribution in [0.2, 0.25) is 0 Å². The molecule has 2 aromatic heterocycles. The molecule has 0 aliphatic rings. The van der Waals surface area contributed by atoms with Crippen LogP contribution >= 0.6 is 0 Å². The second-order valence-corrected chi connectivity index (χ2v) is 7.42. The number of carbonyl (C=O) groups is 1. The molecule has 6 nitrogen and oxygen atoms in total. The number of nitrogens with zero attached hydrogens (tertiary/aromatic N) is 4. The third-order valence-corrected chi connectivity index (χ3v) is 5.28. The average Bonchev–Trinajstić information content (AvgIpc) is 3.10. The van der Waals surface area contributed by atoms with Gasteiger partial charge in [0.05, 0.1) is 24.0 Å². The van der Waals surface area contributed by atoms with Gasteiger partial charge in [-0.15, -0.1) is 0 Å². The van der Waals surface area contributed by atoms with Gasteiger partial charge in [0, 0.05) is 29.6 Å². The van der Waals surface area contributed by atoms with E-state index in [9.17, 15) is 4.79 Å². The Morgan fingerprint density at radius 1 is 1.11 bits per heavy atom. The molecule has 0 aliphatic heterocycles. The highest BCUT2D eigenvalue weighted by atomic mass is 16.1. The molecule has 1 aromatic carbocycles. The summed E-state index contributed by atoms with van der Waals surface area (Å²) in [6.45, 7) is 10.9. The van der Waals surface area contributed by atoms with Crippen LogP contribution in [0.4, 0.5) is 0 Å². The molecule has 0 bridgehead atoms. The molecule has 0 aliphatic carbocycles. The molecular formula is C22H29N5O. The van der Waals surface area contributed by atoms with Crippen molar-refractivity contribution in [3.63, 3.8) is 0 Å². The molecule has 0 radical (unpaired) electrons. The fourth-order valence-electron chi connectivity index (χ4n) is 3.68. The van der Waals surface area contributed by atoms with E-state index in [1.807, 2.05) is 61.4 Å². The molecule has 6 heteroatoms. The summed E-state index contributed by atoms with van der Waals surface area (Å²) in [4.78, 5) is 12.8. The molecule has 1 unspecified atom stereocenters. The SMILES string of the molecule is CCC(NC(=O)c1ccc(Cn2nc(C)cc2C)cc1)c1c(C)nn(C)c1C. The van der Waals surface area contributed by atoms with Crippen LogP contribution < -0.4 is 5.32 Å². The summed E-state index contributed by atoms with van der Waals surface area (Å²) in [6, 6.07) is 9.77. The Morgan fingerprint density at radius 2 is 1.79 bits per heavy atom. The average molecular weight is 380 g/mol. The number of rotatable bonds is 6. The van der Waals surface area contributed by atoms with E-state index < -0.39 is 0 Å². The van der Waals surface area contributed by atoms with Crippen LogP contribution in [0.1, 0.15) is 63.6 Å². The third-order valence-electron chi connectivity index (χ3n) is 5.28. The van der Waals surface area contributed by atoms with E-state index in [0.29, 0.717) is 12.1 Å². The van der Waals surface area contributed by atoms with Crippen LogP contribution in [-0.4, -0.2) is 25.5 Å². The quantitative estimate of drug-likeness (QED) is 0.709. The van der Waals surface area contributed by atoms with Crippen molar-refractivity contribution in [2.24, 2.45) is 7.05 Å². The Kier molecular flexibility index (Phi) is 5.68. The van der Waals surface area contributed by atoms with Crippen molar-refractivity contribution in [3.05, 3.63) is 69.8 Å². The van der Waals surface area contributed by atoms with Crippen LogP contribution in [-0.2, 0) is 13.6 Å². The summed E-state index contributed by atoms with van der Waals surface area (Å²) in [5, 5.41) is 12.1. The topological polar surface area (TPSA) is 64.7 Å². The summed E-state index contributed by atoms with van der Waals surface area (Å²) >= 11 is 0. The van der Waals surface area contributed by atoms with Crippen LogP contribution in [0.3, 0.4) is 0 Å². The third kappa shape index (κ3) is 4.01. The smallest absolute Gasteiger partial charge is 0.251 e. The first-order chi connectivity index (χ1) is 13.3. The van der Waals surface area contributed by atoms with Crippen molar-refractivity contribution in [3.8, 4) is 0 Å². The van der Waals surface area contributed by atoms with Gasteiger partial charge in [-0.1, -0.05) is 19.1 Å². The first-order valence-corrected chi connectivity index (χ1v) is 9.71. The lowest BCUT2D eigenvalue weighted by atomic mass is 10.0. The van der Waals surface area contributed by atoms with Gasteiger partial charge in [0.1, 0.15) is 0 Å². The van der Waals surface area contributed by atoms with Gasteiger partial charge < -0.3 is 5.32 Å². The molecule has 0 saturated carbocycles. The van der Waals surface area contributed by atoms with E-state index >= 15 is 0 Å². The van der Waals surface area contributed by atoms with Crippen molar-refractivity contribution in [2.45, 2.75) is 53.6 Å². The highest BCUT2D eigenvalue weighted by molar-refractivity contribution is 5.94. The first kappa shape index (κ1) is 19.9. The van der Waals surface area contributed by atoms with E-state index in [1.54, 1.807) is 0 Å². The van der Waals surface area contributed by atoms with E-state index in [4.69, 9.17) is 0 Å². The van der Waals surface area contributed by atoms with Crippen molar-refractivity contribution in [2.75, 3.05) is 0 Å². The fraction of sp³-hybridized carbons (Fsp3) is 0.409. The molecule has 1 amide bonds. The molecular weight excluding hydrogens is 350 g/mol. The second kappa shape index (κ2) is 8.00. The maximum absolute atomic E-state index is 12.8. The maximum atomic E-state index is 12.8. The second-order valence-electron chi connectivity index (χ2n) is 7.42. The molecule has 1 atom stereocenters. The Bertz CT molecular complexity index is 981. The number of amides is 1. The summed E-state index contributed by atoms with van der Waals surface area (Å²) in [6.07, 6.45) is 0.815. The van der Waals surface area contributed by atoms with Crippen molar-refractivity contribution >= 4 is 5.91 Å². The lowest BCUT2D eigenvalue weighted by molar-refractivity contribution is 0.0935. The summed E-state index contributed by atoms with van der Waals surface area (Å²) in [5.41, 5.74) is 7.09. The van der Waals surface area contributed by atoms with Crippen LogP contribution in [0, 0.1) is 27.7 Å². The predicted octanol–water partition coefficient (Wildman–Crippen LogP) is 3.78. The minimum absolute atomic E-state index is 0.0458. The molecule has 2 heterocycles. The van der Waals surface area contributed by atoms with Gasteiger partial charge in [-0.3, -0.25) is 14.2 Å². The molecule has 0 saturated heterocycles. The zero-order chi connectivity index (χ0) is 20.4. The molecule has 3 aromatic rings. The number of aromatic nitrogens is 4. The maximum Gasteiger partial charge on any atom is 0.251 e. The monoisotopic (exact) mass is 379 g/mol. The van der Waals surface area contributed by atoms with E-state index in [1.165, 1.54) is 0 Å². The van der Waals surface area contributed by atoms with Gasteiger partial charge in [-0.2, -0.15) is 10.2 Å². The lowest BCUT2D eigenvalue weighted by Crippen LogP contribution is -2.29. The van der Waals surface area contributed by atoms with Crippen LogP contribution in [0.25, 0.3) is 0 Å². The summed E-state index contributed by atoms with van der Waals surface area (Å²) < 4.78 is 3.85. The Labute approximate surface area is 166 Å². The van der Waals surface area contributed by atoms with Crippen molar-refractivity contribution in [1.29, 1.82) is 0 Å². The van der Waals surface area contributed by atoms with Gasteiger partial charge in [0.15, 0.2) is 0 Å². The molecule has 148 valence electrons. The number of nitrogens with one attached hydrogen (secondary N) is 1. The molecule has 28 heavy (non-hydrogen) atoms. The minimum atomic E-state index is -0.0628. The predicted molar refractivity (Wildman–Crippen MR) is 110 cm³/mol. The Hall–Kier alpha value is -2.89. The Balaban J connectivity index is 1.72. The zero-order valence-electron chi connectivity index (χ0n) is 17.6. The fourth-order valence-corrected chi connectivity index (χ4v) is 3.68. The highest BCUT2D eigenvalue weighted by Crippen LogP contribution is 2.24. The van der Waals surface area contributed by atoms with Gasteiger partial charge in [-0.05, 0) is 57.9 Å². The van der Waals surface area contributed by atoms with Crippen LogP contribution in [0.15, 0.2) is 30.3 Å². The molecule has 1 N–H and O–H groups in total. The molecule has 0 spiro atoms. The van der Waals surface area contributed by atoms with Gasteiger partial charge >= 0.3 is 0 Å². The number of hydrogen-bond acceptors (Lipinski definition) is 3. The number of carbonyl (C=O) groups excluding carboxylic acids is 1. The standard InChI is InChI=1S/C22H29N5O/c1-7-20(21-16(4)25-26(6)17(21)5)23-22(28)19-10-8-18(9-11-19)13-27-15(3)12-14(2)24-27/h8-12,20H,7,13H2,1-6H3,(H,23,28). The molecule has 0 fully saturated rings. The van der Waals surface area contributed by atoms with Gasteiger partial charge in [-0.25, -0.2) is 0 Å². The zero-order valence-corrected chi connectivity index (χ0v) is 17.6.